The summed E-state index contributed by atoms with van der Waals surface area (Å²) in [4.78, 5) is 22.2. The summed E-state index contributed by atoms with van der Waals surface area (Å²) in [5.41, 5.74) is -1.04. The molecule has 0 fully saturated rings. The van der Waals surface area contributed by atoms with Gasteiger partial charge in [-0.3, -0.25) is 9.59 Å². The van der Waals surface area contributed by atoms with Gasteiger partial charge in [-0.25, -0.2) is 4.39 Å². The van der Waals surface area contributed by atoms with Gasteiger partial charge in [0, 0.05) is 6.54 Å². The van der Waals surface area contributed by atoms with E-state index >= 15 is 0 Å². The maximum Gasteiger partial charge on any atom is 0.306 e. The third kappa shape index (κ3) is 4.67. The van der Waals surface area contributed by atoms with Crippen LogP contribution in [0.4, 0.5) is 4.39 Å². The third-order valence-corrected chi connectivity index (χ3v) is 2.53. The van der Waals surface area contributed by atoms with E-state index in [-0.39, 0.29) is 12.1 Å². The minimum atomic E-state index is -1.58. The van der Waals surface area contributed by atoms with Crippen molar-refractivity contribution in [3.8, 4) is 0 Å². The Labute approximate surface area is 110 Å². The van der Waals surface area contributed by atoms with Crippen LogP contribution in [0.2, 0.25) is 0 Å². The predicted octanol–water partition coefficient (Wildman–Crippen LogP) is 1.09. The van der Waals surface area contributed by atoms with Gasteiger partial charge in [-0.05, 0) is 31.5 Å². The van der Waals surface area contributed by atoms with Crippen LogP contribution in [0.5, 0.6) is 0 Å². The van der Waals surface area contributed by atoms with Gasteiger partial charge < -0.3 is 15.5 Å². The topological polar surface area (TPSA) is 86.6 Å². The lowest BCUT2D eigenvalue weighted by molar-refractivity contribution is -0.141. The first-order chi connectivity index (χ1) is 8.71. The van der Waals surface area contributed by atoms with E-state index in [0.717, 1.165) is 0 Å². The lowest BCUT2D eigenvalue weighted by atomic mass is 10.0. The largest absolute Gasteiger partial charge is 0.481 e. The van der Waals surface area contributed by atoms with E-state index in [2.05, 4.69) is 5.32 Å². The fraction of sp³-hybridized carbons (Fsp3) is 0.385. The smallest absolute Gasteiger partial charge is 0.306 e. The Bertz CT molecular complexity index is 499. The number of aliphatic carboxylic acids is 1. The number of carbonyl (C=O) groups excluding carboxylic acids is 1. The average Bonchev–Trinajstić information content (AvgIpc) is 2.24. The predicted molar refractivity (Wildman–Crippen MR) is 66.3 cm³/mol. The van der Waals surface area contributed by atoms with Crippen LogP contribution in [0, 0.1) is 12.7 Å². The fourth-order valence-electron chi connectivity index (χ4n) is 1.56. The molecule has 0 spiro atoms. The van der Waals surface area contributed by atoms with Crippen LogP contribution in [-0.2, 0) is 4.79 Å². The van der Waals surface area contributed by atoms with Crippen LogP contribution in [0.1, 0.15) is 29.3 Å². The Morgan fingerprint density at radius 2 is 2.05 bits per heavy atom. The van der Waals surface area contributed by atoms with Gasteiger partial charge in [0.25, 0.3) is 5.91 Å². The second-order valence-electron chi connectivity index (χ2n) is 4.73. The number of nitrogens with one attached hydrogen (secondary N) is 1. The first-order valence-electron chi connectivity index (χ1n) is 5.70. The molecular weight excluding hydrogens is 253 g/mol. The summed E-state index contributed by atoms with van der Waals surface area (Å²) in [6.45, 7) is 2.71. The van der Waals surface area contributed by atoms with Crippen molar-refractivity contribution in [3.63, 3.8) is 0 Å². The minimum Gasteiger partial charge on any atom is -0.481 e. The van der Waals surface area contributed by atoms with Gasteiger partial charge >= 0.3 is 5.97 Å². The van der Waals surface area contributed by atoms with Gasteiger partial charge in [-0.2, -0.15) is 0 Å². The zero-order valence-electron chi connectivity index (χ0n) is 10.7. The highest BCUT2D eigenvalue weighted by Crippen LogP contribution is 2.11. The molecule has 0 saturated heterocycles. The molecule has 0 bridgehead atoms. The maximum absolute atomic E-state index is 13.5. The normalized spacial score (nSPS) is 13.7. The summed E-state index contributed by atoms with van der Waals surface area (Å²) >= 11 is 0. The molecule has 1 aromatic carbocycles. The summed E-state index contributed by atoms with van der Waals surface area (Å²) in [6.07, 6.45) is -0.510. The molecule has 0 aromatic heterocycles. The molecule has 1 atom stereocenters. The molecule has 3 N–H and O–H groups in total. The molecule has 0 aliphatic carbocycles. The molecule has 1 aromatic rings. The first kappa shape index (κ1) is 15.1. The van der Waals surface area contributed by atoms with Crippen molar-refractivity contribution in [2.24, 2.45) is 0 Å². The third-order valence-electron chi connectivity index (χ3n) is 2.53. The van der Waals surface area contributed by atoms with Gasteiger partial charge in [-0.15, -0.1) is 0 Å². The summed E-state index contributed by atoms with van der Waals surface area (Å²) in [5.74, 6) is -2.53. The van der Waals surface area contributed by atoms with E-state index in [1.807, 2.05) is 0 Å². The average molecular weight is 269 g/mol. The zero-order chi connectivity index (χ0) is 14.6. The van der Waals surface area contributed by atoms with Gasteiger partial charge in [0.2, 0.25) is 0 Å². The second-order valence-corrected chi connectivity index (χ2v) is 4.73. The molecule has 0 heterocycles. The van der Waals surface area contributed by atoms with Gasteiger partial charge in [0.1, 0.15) is 5.82 Å². The van der Waals surface area contributed by atoms with Crippen LogP contribution in [-0.4, -0.2) is 34.2 Å². The maximum atomic E-state index is 13.5. The lowest BCUT2D eigenvalue weighted by Gasteiger charge is -2.21. The van der Waals surface area contributed by atoms with E-state index in [1.54, 1.807) is 13.0 Å². The molecule has 5 nitrogen and oxygen atoms in total. The summed E-state index contributed by atoms with van der Waals surface area (Å²) in [5, 5.41) is 20.6. The number of carboxylic acids is 1. The second kappa shape index (κ2) is 5.79. The van der Waals surface area contributed by atoms with E-state index in [0.29, 0.717) is 5.56 Å². The molecule has 1 rings (SSSR count). The van der Waals surface area contributed by atoms with Gasteiger partial charge in [0.05, 0.1) is 17.6 Å². The Morgan fingerprint density at radius 3 is 2.58 bits per heavy atom. The summed E-state index contributed by atoms with van der Waals surface area (Å²) in [6, 6.07) is 4.16. The Balaban J connectivity index is 2.68. The van der Waals surface area contributed by atoms with Gasteiger partial charge in [-0.1, -0.05) is 6.07 Å². The van der Waals surface area contributed by atoms with Crippen molar-refractivity contribution in [1.29, 1.82) is 0 Å². The highest BCUT2D eigenvalue weighted by atomic mass is 19.1. The number of aliphatic hydroxyl groups is 1. The molecule has 0 radical (unpaired) electrons. The Kier molecular flexibility index (Phi) is 4.61. The van der Waals surface area contributed by atoms with Crippen LogP contribution in [0.25, 0.3) is 0 Å². The van der Waals surface area contributed by atoms with E-state index < -0.39 is 29.7 Å². The molecule has 6 heteroatoms. The number of amides is 1. The molecule has 0 aliphatic heterocycles. The molecule has 0 saturated carbocycles. The SMILES string of the molecule is Cc1ccc(C(=O)NCC(C)(O)CC(=O)O)c(F)c1. The monoisotopic (exact) mass is 269 g/mol. The van der Waals surface area contributed by atoms with E-state index in [1.165, 1.54) is 19.1 Å². The van der Waals surface area contributed by atoms with Crippen molar-refractivity contribution in [1.82, 2.24) is 5.32 Å². The number of rotatable bonds is 5. The highest BCUT2D eigenvalue weighted by molar-refractivity contribution is 5.94. The number of halogens is 1. The van der Waals surface area contributed by atoms with Crippen molar-refractivity contribution < 1.29 is 24.2 Å². The minimum absolute atomic E-state index is 0.142. The van der Waals surface area contributed by atoms with Crippen LogP contribution in [0.15, 0.2) is 18.2 Å². The lowest BCUT2D eigenvalue weighted by Crippen LogP contribution is -2.42. The molecule has 1 unspecified atom stereocenters. The number of carbonyl (C=O) groups is 2. The number of hydrogen-bond acceptors (Lipinski definition) is 3. The van der Waals surface area contributed by atoms with Crippen LogP contribution >= 0.6 is 0 Å². The summed E-state index contributed by atoms with van der Waals surface area (Å²) in [7, 11) is 0. The highest BCUT2D eigenvalue weighted by Gasteiger charge is 2.25. The van der Waals surface area contributed by atoms with Gasteiger partial charge in [0.15, 0.2) is 0 Å². The van der Waals surface area contributed by atoms with Crippen LogP contribution in [0.3, 0.4) is 0 Å². The van der Waals surface area contributed by atoms with E-state index in [9.17, 15) is 19.1 Å². The Morgan fingerprint density at radius 1 is 1.42 bits per heavy atom. The fourth-order valence-corrected chi connectivity index (χ4v) is 1.56. The van der Waals surface area contributed by atoms with Crippen LogP contribution < -0.4 is 5.32 Å². The Hall–Kier alpha value is -1.95. The standard InChI is InChI=1S/C13H16FNO4/c1-8-3-4-9(10(14)5-8)12(18)15-7-13(2,19)6-11(16)17/h3-5,19H,6-7H2,1-2H3,(H,15,18)(H,16,17). The first-order valence-corrected chi connectivity index (χ1v) is 5.70. The molecule has 104 valence electrons. The molecule has 1 amide bonds. The van der Waals surface area contributed by atoms with Crippen molar-refractivity contribution in [2.45, 2.75) is 25.9 Å². The number of carboxylic acid groups (broad SMARTS) is 1. The zero-order valence-corrected chi connectivity index (χ0v) is 10.7. The number of hydrogen-bond donors (Lipinski definition) is 3. The van der Waals surface area contributed by atoms with E-state index in [4.69, 9.17) is 5.11 Å². The molecule has 0 aliphatic rings. The summed E-state index contributed by atoms with van der Waals surface area (Å²) < 4.78 is 13.5. The van der Waals surface area contributed by atoms with Crippen molar-refractivity contribution in [2.75, 3.05) is 6.54 Å². The quantitative estimate of drug-likeness (QED) is 0.746. The number of aryl methyl sites for hydroxylation is 1. The van der Waals surface area contributed by atoms with Crippen molar-refractivity contribution in [3.05, 3.63) is 35.1 Å². The number of benzene rings is 1. The van der Waals surface area contributed by atoms with Crippen molar-refractivity contribution >= 4 is 11.9 Å². The molecule has 19 heavy (non-hydrogen) atoms. The molecular formula is C13H16FNO4.